The van der Waals surface area contributed by atoms with E-state index < -0.39 is 0 Å². The molecule has 184 valence electrons. The van der Waals surface area contributed by atoms with Crippen LogP contribution in [0.5, 0.6) is 5.88 Å². The Bertz CT molecular complexity index is 1150. The zero-order valence-electron chi connectivity index (χ0n) is 19.9. The van der Waals surface area contributed by atoms with Gasteiger partial charge in [-0.05, 0) is 62.1 Å². The molecule has 2 aromatic heterocycles. The van der Waals surface area contributed by atoms with E-state index in [1.54, 1.807) is 19.4 Å². The Kier molecular flexibility index (Phi) is 7.66. The van der Waals surface area contributed by atoms with Crippen molar-refractivity contribution in [2.75, 3.05) is 56.1 Å². The van der Waals surface area contributed by atoms with Gasteiger partial charge >= 0.3 is 0 Å². The van der Waals surface area contributed by atoms with Crippen LogP contribution in [0.3, 0.4) is 0 Å². The van der Waals surface area contributed by atoms with Gasteiger partial charge < -0.3 is 19.1 Å². The molecule has 9 heteroatoms. The molecule has 2 aliphatic rings. The molecule has 2 aliphatic heterocycles. The zero-order chi connectivity index (χ0) is 24.0. The second-order valence-corrected chi connectivity index (χ2v) is 9.57. The summed E-state index contributed by atoms with van der Waals surface area (Å²) >= 11 is 1.43. The van der Waals surface area contributed by atoms with Crippen LogP contribution >= 0.6 is 11.9 Å². The largest absolute Gasteiger partial charge is 0.480 e. The fraction of sp³-hybridized carbons (Fsp3) is 0.385. The lowest BCUT2D eigenvalue weighted by molar-refractivity contribution is 0.122. The topological polar surface area (TPSA) is 62.8 Å². The van der Waals surface area contributed by atoms with Crippen LogP contribution in [-0.4, -0.2) is 61.4 Å². The Balaban J connectivity index is 1.28. The van der Waals surface area contributed by atoms with E-state index in [2.05, 4.69) is 30.6 Å². The highest BCUT2D eigenvalue weighted by atomic mass is 32.2. The molecular formula is C26H30FN5O2S. The molecule has 0 saturated carbocycles. The molecule has 0 unspecified atom stereocenters. The van der Waals surface area contributed by atoms with Gasteiger partial charge in [-0.15, -0.1) is 0 Å². The average molecular weight is 496 g/mol. The number of ether oxygens (including phenoxy) is 2. The van der Waals surface area contributed by atoms with Crippen LogP contribution in [0.4, 0.5) is 15.8 Å². The molecule has 0 spiro atoms. The van der Waals surface area contributed by atoms with Gasteiger partial charge in [0.15, 0.2) is 0 Å². The van der Waals surface area contributed by atoms with Crippen molar-refractivity contribution < 1.29 is 13.9 Å². The SMILES string of the molecule is COc1ncc(N2CCOCC2)cc1SNc1ccnc(-c2ccc(CN3CCCC3)c(F)c2)c1. The van der Waals surface area contributed by atoms with E-state index in [4.69, 9.17) is 9.47 Å². The molecule has 0 atom stereocenters. The summed E-state index contributed by atoms with van der Waals surface area (Å²) in [5, 5.41) is 0. The minimum atomic E-state index is -0.181. The average Bonchev–Trinajstić information content (AvgIpc) is 3.42. The Labute approximate surface area is 209 Å². The lowest BCUT2D eigenvalue weighted by Crippen LogP contribution is -2.36. The molecule has 0 amide bonds. The first-order valence-corrected chi connectivity index (χ1v) is 12.8. The van der Waals surface area contributed by atoms with E-state index in [-0.39, 0.29) is 5.82 Å². The Morgan fingerprint density at radius 3 is 2.66 bits per heavy atom. The van der Waals surface area contributed by atoms with Gasteiger partial charge in [-0.2, -0.15) is 0 Å². The molecule has 7 nitrogen and oxygen atoms in total. The van der Waals surface area contributed by atoms with Gasteiger partial charge in [0, 0.05) is 42.6 Å². The lowest BCUT2D eigenvalue weighted by Gasteiger charge is -2.29. The van der Waals surface area contributed by atoms with E-state index in [1.807, 2.05) is 30.5 Å². The third kappa shape index (κ3) is 5.86. The number of likely N-dealkylation sites (tertiary alicyclic amines) is 1. The first-order chi connectivity index (χ1) is 17.2. The molecule has 5 rings (SSSR count). The van der Waals surface area contributed by atoms with E-state index in [1.165, 1.54) is 24.8 Å². The van der Waals surface area contributed by atoms with Crippen molar-refractivity contribution in [2.45, 2.75) is 24.3 Å². The lowest BCUT2D eigenvalue weighted by atomic mass is 10.1. The van der Waals surface area contributed by atoms with Crippen molar-refractivity contribution in [1.82, 2.24) is 14.9 Å². The number of nitrogens with zero attached hydrogens (tertiary/aromatic N) is 4. The monoisotopic (exact) mass is 495 g/mol. The van der Waals surface area contributed by atoms with Crippen LogP contribution in [0.25, 0.3) is 11.3 Å². The van der Waals surface area contributed by atoms with Crippen LogP contribution in [-0.2, 0) is 11.3 Å². The number of rotatable bonds is 8. The summed E-state index contributed by atoms with van der Waals surface area (Å²) < 4.78 is 29.1. The normalized spacial score (nSPS) is 16.5. The van der Waals surface area contributed by atoms with Gasteiger partial charge in [0.05, 0.1) is 42.8 Å². The molecule has 3 aromatic rings. The number of pyridine rings is 2. The Morgan fingerprint density at radius 1 is 1.06 bits per heavy atom. The van der Waals surface area contributed by atoms with E-state index >= 15 is 0 Å². The first kappa shape index (κ1) is 23.8. The van der Waals surface area contributed by atoms with Gasteiger partial charge in [0.25, 0.3) is 0 Å². The molecule has 0 aliphatic carbocycles. The fourth-order valence-electron chi connectivity index (χ4n) is 4.42. The van der Waals surface area contributed by atoms with Crippen LogP contribution in [0.1, 0.15) is 18.4 Å². The standard InChI is InChI=1S/C26H30FN5O2S/c1-33-26-25(16-22(17-29-26)32-10-12-34-13-11-32)35-30-21-6-7-28-24(15-21)19-4-5-20(23(27)14-19)18-31-8-2-3-9-31/h4-7,14-17H,2-3,8-13,18H2,1H3,(H,28,30). The first-order valence-electron chi connectivity index (χ1n) is 12.0. The molecule has 2 fully saturated rings. The molecular weight excluding hydrogens is 465 g/mol. The highest BCUT2D eigenvalue weighted by Gasteiger charge is 2.16. The number of morpholine rings is 1. The molecule has 1 N–H and O–H groups in total. The molecule has 4 heterocycles. The minimum absolute atomic E-state index is 0.181. The number of methoxy groups -OCH3 is 1. The third-order valence-electron chi connectivity index (χ3n) is 6.35. The summed E-state index contributed by atoms with van der Waals surface area (Å²) in [5.74, 6) is 0.379. The molecule has 2 saturated heterocycles. The van der Waals surface area contributed by atoms with Crippen molar-refractivity contribution in [3.63, 3.8) is 0 Å². The van der Waals surface area contributed by atoms with E-state index in [0.717, 1.165) is 59.3 Å². The van der Waals surface area contributed by atoms with Crippen LogP contribution in [0.2, 0.25) is 0 Å². The maximum Gasteiger partial charge on any atom is 0.229 e. The highest BCUT2D eigenvalue weighted by Crippen LogP contribution is 2.33. The third-order valence-corrected chi connectivity index (χ3v) is 7.20. The molecule has 35 heavy (non-hydrogen) atoms. The van der Waals surface area contributed by atoms with Crippen LogP contribution in [0.15, 0.2) is 53.7 Å². The quantitative estimate of drug-likeness (QED) is 0.446. The number of anilines is 2. The van der Waals surface area contributed by atoms with Crippen molar-refractivity contribution in [3.05, 3.63) is 60.2 Å². The number of benzene rings is 1. The van der Waals surface area contributed by atoms with Crippen molar-refractivity contribution in [2.24, 2.45) is 0 Å². The Morgan fingerprint density at radius 2 is 1.89 bits per heavy atom. The van der Waals surface area contributed by atoms with E-state index in [9.17, 15) is 4.39 Å². The van der Waals surface area contributed by atoms with E-state index in [0.29, 0.717) is 25.6 Å². The summed E-state index contributed by atoms with van der Waals surface area (Å²) in [7, 11) is 1.62. The summed E-state index contributed by atoms with van der Waals surface area (Å²) in [6.45, 7) is 5.86. The predicted octanol–water partition coefficient (Wildman–Crippen LogP) is 4.84. The second-order valence-electron chi connectivity index (χ2n) is 8.72. The molecule has 0 radical (unpaired) electrons. The predicted molar refractivity (Wildman–Crippen MR) is 137 cm³/mol. The maximum atomic E-state index is 14.8. The number of hydrogen-bond acceptors (Lipinski definition) is 8. The van der Waals surface area contributed by atoms with Crippen LogP contribution in [0, 0.1) is 5.82 Å². The second kappa shape index (κ2) is 11.2. The number of aromatic nitrogens is 2. The van der Waals surface area contributed by atoms with Crippen molar-refractivity contribution in [3.8, 4) is 17.1 Å². The number of hydrogen-bond donors (Lipinski definition) is 1. The molecule has 0 bridgehead atoms. The minimum Gasteiger partial charge on any atom is -0.480 e. The summed E-state index contributed by atoms with van der Waals surface area (Å²) in [4.78, 5) is 14.4. The van der Waals surface area contributed by atoms with Gasteiger partial charge in [0.1, 0.15) is 5.82 Å². The van der Waals surface area contributed by atoms with Gasteiger partial charge in [-0.25, -0.2) is 9.37 Å². The van der Waals surface area contributed by atoms with Crippen LogP contribution < -0.4 is 14.4 Å². The fourth-order valence-corrected chi connectivity index (χ4v) is 5.18. The summed E-state index contributed by atoms with van der Waals surface area (Å²) in [6.07, 6.45) is 5.95. The Hall–Kier alpha value is -2.88. The number of halogens is 1. The highest BCUT2D eigenvalue weighted by molar-refractivity contribution is 8.00. The summed E-state index contributed by atoms with van der Waals surface area (Å²) in [6, 6.07) is 11.3. The smallest absolute Gasteiger partial charge is 0.229 e. The number of nitrogens with one attached hydrogen (secondary N) is 1. The summed E-state index contributed by atoms with van der Waals surface area (Å²) in [5.41, 5.74) is 4.11. The van der Waals surface area contributed by atoms with Gasteiger partial charge in [-0.1, -0.05) is 12.1 Å². The zero-order valence-corrected chi connectivity index (χ0v) is 20.7. The van der Waals surface area contributed by atoms with Crippen molar-refractivity contribution >= 4 is 23.3 Å². The maximum absolute atomic E-state index is 14.8. The molecule has 1 aromatic carbocycles. The van der Waals surface area contributed by atoms with Crippen molar-refractivity contribution in [1.29, 1.82) is 0 Å². The van der Waals surface area contributed by atoms with Gasteiger partial charge in [0.2, 0.25) is 5.88 Å². The van der Waals surface area contributed by atoms with Gasteiger partial charge in [-0.3, -0.25) is 9.88 Å².